The van der Waals surface area contributed by atoms with Crippen LogP contribution in [0.1, 0.15) is 11.1 Å². The molecule has 0 bridgehead atoms. The molecular weight excluding hydrogens is 318 g/mol. The summed E-state index contributed by atoms with van der Waals surface area (Å²) in [5, 5.41) is 4.44. The quantitative estimate of drug-likeness (QED) is 0.768. The van der Waals surface area contributed by atoms with Gasteiger partial charge in [0.05, 0.1) is 23.4 Å². The van der Waals surface area contributed by atoms with E-state index in [0.717, 1.165) is 50.0 Å². The number of nitrogens with one attached hydrogen (secondary N) is 1. The highest BCUT2D eigenvalue weighted by molar-refractivity contribution is 7.22. The largest absolute Gasteiger partial charge is 0.379 e. The number of aromatic nitrogens is 1. The van der Waals surface area contributed by atoms with Crippen molar-refractivity contribution in [3.63, 3.8) is 0 Å². The number of benzene rings is 2. The third kappa shape index (κ3) is 3.75. The van der Waals surface area contributed by atoms with Gasteiger partial charge in [-0.1, -0.05) is 47.7 Å². The van der Waals surface area contributed by atoms with Crippen LogP contribution in [-0.2, 0) is 17.8 Å². The highest BCUT2D eigenvalue weighted by atomic mass is 32.1. The van der Waals surface area contributed by atoms with Crippen LogP contribution < -0.4 is 5.32 Å². The fourth-order valence-electron chi connectivity index (χ4n) is 2.98. The lowest BCUT2D eigenvalue weighted by molar-refractivity contribution is 0.0342. The second kappa shape index (κ2) is 7.30. The number of hydrogen-bond donors (Lipinski definition) is 1. The van der Waals surface area contributed by atoms with E-state index in [1.165, 1.54) is 15.8 Å². The topological polar surface area (TPSA) is 37.4 Å². The van der Waals surface area contributed by atoms with Gasteiger partial charge in [0.1, 0.15) is 0 Å². The van der Waals surface area contributed by atoms with E-state index in [1.54, 1.807) is 11.3 Å². The van der Waals surface area contributed by atoms with Crippen molar-refractivity contribution in [1.82, 2.24) is 9.88 Å². The van der Waals surface area contributed by atoms with E-state index < -0.39 is 0 Å². The molecule has 3 aromatic rings. The van der Waals surface area contributed by atoms with Crippen LogP contribution in [0, 0.1) is 0 Å². The highest BCUT2D eigenvalue weighted by Crippen LogP contribution is 2.25. The number of morpholine rings is 1. The fraction of sp³-hybridized carbons (Fsp3) is 0.316. The molecule has 0 spiro atoms. The van der Waals surface area contributed by atoms with Crippen LogP contribution in [0.3, 0.4) is 0 Å². The number of thiazole rings is 1. The average molecular weight is 339 g/mol. The molecule has 2 aromatic carbocycles. The van der Waals surface area contributed by atoms with Crippen molar-refractivity contribution in [3.05, 3.63) is 59.7 Å². The number of nitrogens with zero attached hydrogens (tertiary/aromatic N) is 2. The highest BCUT2D eigenvalue weighted by Gasteiger charge is 2.10. The summed E-state index contributed by atoms with van der Waals surface area (Å²) in [5.41, 5.74) is 3.71. The SMILES string of the molecule is c1cc(CNc2nc3ccccc3s2)cc(CN2CCOCC2)c1. The van der Waals surface area contributed by atoms with Crippen molar-refractivity contribution in [2.75, 3.05) is 31.6 Å². The first kappa shape index (κ1) is 15.6. The van der Waals surface area contributed by atoms with Gasteiger partial charge in [-0.05, 0) is 23.3 Å². The summed E-state index contributed by atoms with van der Waals surface area (Å²) in [6.45, 7) is 5.54. The zero-order valence-electron chi connectivity index (χ0n) is 13.6. The van der Waals surface area contributed by atoms with Crippen LogP contribution in [0.15, 0.2) is 48.5 Å². The summed E-state index contributed by atoms with van der Waals surface area (Å²) in [7, 11) is 0. The van der Waals surface area contributed by atoms with Crippen LogP contribution in [0.2, 0.25) is 0 Å². The minimum absolute atomic E-state index is 0.802. The minimum atomic E-state index is 0.802. The second-order valence-electron chi connectivity index (χ2n) is 6.05. The normalized spacial score (nSPS) is 15.7. The molecule has 1 aliphatic rings. The molecule has 24 heavy (non-hydrogen) atoms. The Hall–Kier alpha value is -1.95. The van der Waals surface area contributed by atoms with E-state index >= 15 is 0 Å². The molecule has 1 aromatic heterocycles. The maximum absolute atomic E-state index is 5.42. The molecule has 1 saturated heterocycles. The molecule has 1 fully saturated rings. The van der Waals surface area contributed by atoms with Crippen molar-refractivity contribution in [1.29, 1.82) is 0 Å². The minimum Gasteiger partial charge on any atom is -0.379 e. The molecule has 0 aliphatic carbocycles. The Kier molecular flexibility index (Phi) is 4.74. The second-order valence-corrected chi connectivity index (χ2v) is 7.08. The van der Waals surface area contributed by atoms with Crippen LogP contribution >= 0.6 is 11.3 Å². The zero-order valence-corrected chi connectivity index (χ0v) is 14.4. The molecule has 1 aliphatic heterocycles. The van der Waals surface area contributed by atoms with E-state index in [4.69, 9.17) is 4.74 Å². The maximum Gasteiger partial charge on any atom is 0.184 e. The van der Waals surface area contributed by atoms with Gasteiger partial charge >= 0.3 is 0 Å². The number of ether oxygens (including phenoxy) is 1. The van der Waals surface area contributed by atoms with Crippen molar-refractivity contribution < 1.29 is 4.74 Å². The van der Waals surface area contributed by atoms with Gasteiger partial charge in [0.2, 0.25) is 0 Å². The Balaban J connectivity index is 1.39. The van der Waals surface area contributed by atoms with Crippen LogP contribution in [0.5, 0.6) is 0 Å². The predicted molar refractivity (Wildman–Crippen MR) is 99.5 cm³/mol. The summed E-state index contributed by atoms with van der Waals surface area (Å²) < 4.78 is 6.64. The zero-order chi connectivity index (χ0) is 16.2. The van der Waals surface area contributed by atoms with Gasteiger partial charge in [-0.15, -0.1) is 0 Å². The molecule has 0 atom stereocenters. The first-order chi connectivity index (χ1) is 11.9. The Bertz CT molecular complexity index is 778. The van der Waals surface area contributed by atoms with Crippen LogP contribution in [0.4, 0.5) is 5.13 Å². The van der Waals surface area contributed by atoms with Gasteiger partial charge in [0.25, 0.3) is 0 Å². The van der Waals surface area contributed by atoms with Gasteiger partial charge in [0, 0.05) is 26.2 Å². The first-order valence-corrected chi connectivity index (χ1v) is 9.16. The monoisotopic (exact) mass is 339 g/mol. The molecule has 124 valence electrons. The molecule has 0 saturated carbocycles. The van der Waals surface area contributed by atoms with Crippen molar-refractivity contribution >= 4 is 26.7 Å². The van der Waals surface area contributed by atoms with E-state index in [2.05, 4.69) is 57.7 Å². The van der Waals surface area contributed by atoms with Crippen molar-refractivity contribution in [3.8, 4) is 0 Å². The Morgan fingerprint density at radius 3 is 2.75 bits per heavy atom. The van der Waals surface area contributed by atoms with Gasteiger partial charge in [-0.2, -0.15) is 0 Å². The number of hydrogen-bond acceptors (Lipinski definition) is 5. The summed E-state index contributed by atoms with van der Waals surface area (Å²) in [5.74, 6) is 0. The van der Waals surface area contributed by atoms with Gasteiger partial charge in [-0.25, -0.2) is 4.98 Å². The molecular formula is C19H21N3OS. The van der Waals surface area contributed by atoms with E-state index in [-0.39, 0.29) is 0 Å². The third-order valence-electron chi connectivity index (χ3n) is 4.24. The molecule has 2 heterocycles. The Morgan fingerprint density at radius 1 is 1.04 bits per heavy atom. The Morgan fingerprint density at radius 2 is 1.88 bits per heavy atom. The number of anilines is 1. The smallest absolute Gasteiger partial charge is 0.184 e. The summed E-state index contributed by atoms with van der Waals surface area (Å²) in [6.07, 6.45) is 0. The van der Waals surface area contributed by atoms with E-state index in [0.29, 0.717) is 0 Å². The lowest BCUT2D eigenvalue weighted by atomic mass is 10.1. The maximum atomic E-state index is 5.42. The molecule has 1 N–H and O–H groups in total. The molecule has 0 amide bonds. The van der Waals surface area contributed by atoms with Crippen molar-refractivity contribution in [2.45, 2.75) is 13.1 Å². The summed E-state index contributed by atoms with van der Waals surface area (Å²) in [6, 6.07) is 17.1. The van der Waals surface area contributed by atoms with Gasteiger partial charge in [0.15, 0.2) is 5.13 Å². The average Bonchev–Trinajstić information content (AvgIpc) is 3.04. The molecule has 4 rings (SSSR count). The summed E-state index contributed by atoms with van der Waals surface area (Å²) >= 11 is 1.70. The fourth-order valence-corrected chi connectivity index (χ4v) is 3.84. The standard InChI is InChI=1S/C19H21N3OS/c1-2-7-18-17(6-1)21-19(24-18)20-13-15-4-3-5-16(12-15)14-22-8-10-23-11-9-22/h1-7,12H,8-11,13-14H2,(H,20,21). The Labute approximate surface area is 146 Å². The molecule has 5 heteroatoms. The lowest BCUT2D eigenvalue weighted by Gasteiger charge is -2.26. The first-order valence-electron chi connectivity index (χ1n) is 8.34. The molecule has 0 unspecified atom stereocenters. The van der Waals surface area contributed by atoms with Gasteiger partial charge in [-0.3, -0.25) is 4.90 Å². The van der Waals surface area contributed by atoms with E-state index in [1.807, 2.05) is 6.07 Å². The van der Waals surface area contributed by atoms with E-state index in [9.17, 15) is 0 Å². The molecule has 0 radical (unpaired) electrons. The summed E-state index contributed by atoms with van der Waals surface area (Å²) in [4.78, 5) is 7.08. The predicted octanol–water partition coefficient (Wildman–Crippen LogP) is 3.74. The lowest BCUT2D eigenvalue weighted by Crippen LogP contribution is -2.35. The number of rotatable bonds is 5. The van der Waals surface area contributed by atoms with Gasteiger partial charge < -0.3 is 10.1 Å². The van der Waals surface area contributed by atoms with Crippen molar-refractivity contribution in [2.24, 2.45) is 0 Å². The number of para-hydroxylation sites is 1. The number of fused-ring (bicyclic) bond motifs is 1. The third-order valence-corrected chi connectivity index (χ3v) is 5.23. The molecule has 4 nitrogen and oxygen atoms in total. The van der Waals surface area contributed by atoms with Crippen LogP contribution in [0.25, 0.3) is 10.2 Å². The van der Waals surface area contributed by atoms with Crippen LogP contribution in [-0.4, -0.2) is 36.2 Å².